The molecule has 2 aromatic carbocycles. The van der Waals surface area contributed by atoms with E-state index in [0.29, 0.717) is 28.6 Å². The quantitative estimate of drug-likeness (QED) is 0.509. The van der Waals surface area contributed by atoms with Crippen molar-refractivity contribution in [2.45, 2.75) is 25.9 Å². The zero-order valence-electron chi connectivity index (χ0n) is 16.1. The molecule has 0 saturated carbocycles. The Labute approximate surface area is 178 Å². The van der Waals surface area contributed by atoms with E-state index in [9.17, 15) is 14.3 Å². The summed E-state index contributed by atoms with van der Waals surface area (Å²) < 4.78 is 20.1. The van der Waals surface area contributed by atoms with Crippen LogP contribution in [0.2, 0.25) is 5.02 Å². The van der Waals surface area contributed by atoms with E-state index in [0.717, 1.165) is 36.0 Å². The number of nitrogens with zero attached hydrogens (tertiary/aromatic N) is 1. The summed E-state index contributed by atoms with van der Waals surface area (Å²) in [6.07, 6.45) is 2.38. The summed E-state index contributed by atoms with van der Waals surface area (Å²) >= 11 is 5.93. The van der Waals surface area contributed by atoms with Gasteiger partial charge in [0.2, 0.25) is 0 Å². The Morgan fingerprint density at radius 1 is 1.07 bits per heavy atom. The molecule has 0 saturated heterocycles. The van der Waals surface area contributed by atoms with Gasteiger partial charge in [0.25, 0.3) is 0 Å². The SMILES string of the molecule is O=C(O)c1cccc(C2=C(c3cc(F)ccc3OCc3ccc(Cl)cc3)CCC2)n1. The number of rotatable bonds is 6. The van der Waals surface area contributed by atoms with Crippen LogP contribution in [-0.2, 0) is 6.61 Å². The van der Waals surface area contributed by atoms with Gasteiger partial charge in [-0.25, -0.2) is 14.2 Å². The summed E-state index contributed by atoms with van der Waals surface area (Å²) in [6, 6.07) is 16.8. The number of carbonyl (C=O) groups is 1. The molecular weight excluding hydrogens is 405 g/mol. The van der Waals surface area contributed by atoms with Crippen LogP contribution in [0.1, 0.15) is 46.6 Å². The van der Waals surface area contributed by atoms with Crippen molar-refractivity contribution < 1.29 is 19.0 Å². The van der Waals surface area contributed by atoms with E-state index in [1.54, 1.807) is 30.3 Å². The third-order valence-corrected chi connectivity index (χ3v) is 5.32. The molecule has 0 unspecified atom stereocenters. The first-order chi connectivity index (χ1) is 14.5. The predicted octanol–water partition coefficient (Wildman–Crippen LogP) is 6.25. The molecule has 3 aromatic rings. The van der Waals surface area contributed by atoms with Crippen LogP contribution in [0.5, 0.6) is 5.75 Å². The van der Waals surface area contributed by atoms with Crippen LogP contribution in [-0.4, -0.2) is 16.1 Å². The zero-order chi connectivity index (χ0) is 21.1. The van der Waals surface area contributed by atoms with Crippen molar-refractivity contribution in [1.29, 1.82) is 0 Å². The van der Waals surface area contributed by atoms with Crippen molar-refractivity contribution in [1.82, 2.24) is 4.98 Å². The number of allylic oxidation sites excluding steroid dienone is 2. The molecule has 30 heavy (non-hydrogen) atoms. The first-order valence-corrected chi connectivity index (χ1v) is 9.99. The van der Waals surface area contributed by atoms with E-state index in [4.69, 9.17) is 16.3 Å². The maximum Gasteiger partial charge on any atom is 0.354 e. The molecule has 4 nitrogen and oxygen atoms in total. The van der Waals surface area contributed by atoms with Crippen LogP contribution in [0.4, 0.5) is 4.39 Å². The van der Waals surface area contributed by atoms with Crippen LogP contribution in [0.15, 0.2) is 60.7 Å². The van der Waals surface area contributed by atoms with Gasteiger partial charge in [0.15, 0.2) is 0 Å². The summed E-state index contributed by atoms with van der Waals surface area (Å²) in [5.41, 5.74) is 4.10. The Morgan fingerprint density at radius 2 is 1.83 bits per heavy atom. The highest BCUT2D eigenvalue weighted by Crippen LogP contribution is 2.42. The Bertz CT molecular complexity index is 1130. The zero-order valence-corrected chi connectivity index (χ0v) is 16.8. The lowest BCUT2D eigenvalue weighted by atomic mass is 9.98. The predicted molar refractivity (Wildman–Crippen MR) is 114 cm³/mol. The Hall–Kier alpha value is -3.18. The number of ether oxygens (including phenoxy) is 1. The first-order valence-electron chi connectivity index (χ1n) is 9.61. The molecule has 0 fully saturated rings. The van der Waals surface area contributed by atoms with E-state index >= 15 is 0 Å². The molecule has 0 radical (unpaired) electrons. The lowest BCUT2D eigenvalue weighted by Gasteiger charge is -2.15. The minimum atomic E-state index is -1.07. The van der Waals surface area contributed by atoms with E-state index in [2.05, 4.69) is 4.98 Å². The van der Waals surface area contributed by atoms with Crippen LogP contribution < -0.4 is 4.74 Å². The van der Waals surface area contributed by atoms with Crippen molar-refractivity contribution >= 4 is 28.7 Å². The third-order valence-electron chi connectivity index (χ3n) is 5.07. The molecule has 0 aliphatic heterocycles. The van der Waals surface area contributed by atoms with Gasteiger partial charge >= 0.3 is 5.97 Å². The van der Waals surface area contributed by atoms with Crippen LogP contribution in [0.3, 0.4) is 0 Å². The van der Waals surface area contributed by atoms with Crippen LogP contribution in [0, 0.1) is 5.82 Å². The fraction of sp³-hybridized carbons (Fsp3) is 0.167. The van der Waals surface area contributed by atoms with Crippen molar-refractivity contribution in [2.24, 2.45) is 0 Å². The number of halogens is 2. The van der Waals surface area contributed by atoms with Gasteiger partial charge in [0.05, 0.1) is 5.69 Å². The molecule has 0 spiro atoms. The largest absolute Gasteiger partial charge is 0.488 e. The number of aromatic nitrogens is 1. The molecule has 1 N–H and O–H groups in total. The molecule has 1 aliphatic carbocycles. The molecule has 0 amide bonds. The van der Waals surface area contributed by atoms with Crippen molar-refractivity contribution in [3.05, 3.63) is 94.0 Å². The van der Waals surface area contributed by atoms with Crippen molar-refractivity contribution in [2.75, 3.05) is 0 Å². The summed E-state index contributed by atoms with van der Waals surface area (Å²) in [5, 5.41) is 9.91. The van der Waals surface area contributed by atoms with Gasteiger partial charge in [-0.05, 0) is 78.4 Å². The molecule has 152 valence electrons. The van der Waals surface area contributed by atoms with Gasteiger partial charge in [-0.1, -0.05) is 29.8 Å². The summed E-state index contributed by atoms with van der Waals surface area (Å²) in [4.78, 5) is 15.6. The van der Waals surface area contributed by atoms with E-state index < -0.39 is 5.97 Å². The maximum absolute atomic E-state index is 14.1. The fourth-order valence-corrected chi connectivity index (χ4v) is 3.78. The molecular formula is C24H19ClFNO3. The minimum Gasteiger partial charge on any atom is -0.488 e. The second-order valence-electron chi connectivity index (χ2n) is 7.08. The van der Waals surface area contributed by atoms with Gasteiger partial charge in [0, 0.05) is 10.6 Å². The van der Waals surface area contributed by atoms with E-state index in [-0.39, 0.29) is 11.5 Å². The number of hydrogen-bond donors (Lipinski definition) is 1. The number of benzene rings is 2. The summed E-state index contributed by atoms with van der Waals surface area (Å²) in [5.74, 6) is -0.847. The van der Waals surface area contributed by atoms with Crippen molar-refractivity contribution in [3.63, 3.8) is 0 Å². The third kappa shape index (κ3) is 4.36. The number of carboxylic acids is 1. The summed E-state index contributed by atoms with van der Waals surface area (Å²) in [6.45, 7) is 0.325. The van der Waals surface area contributed by atoms with Gasteiger partial charge < -0.3 is 9.84 Å². The molecule has 4 rings (SSSR count). The molecule has 0 bridgehead atoms. The highest BCUT2D eigenvalue weighted by atomic mass is 35.5. The maximum atomic E-state index is 14.1. The van der Waals surface area contributed by atoms with E-state index in [1.165, 1.54) is 18.2 Å². The van der Waals surface area contributed by atoms with Gasteiger partial charge in [-0.3, -0.25) is 0 Å². The van der Waals surface area contributed by atoms with Gasteiger partial charge in [-0.15, -0.1) is 0 Å². The average molecular weight is 424 g/mol. The molecule has 1 aliphatic rings. The van der Waals surface area contributed by atoms with Gasteiger partial charge in [0.1, 0.15) is 23.9 Å². The monoisotopic (exact) mass is 423 g/mol. The number of aromatic carboxylic acids is 1. The Kier molecular flexibility index (Phi) is 5.81. The van der Waals surface area contributed by atoms with E-state index in [1.807, 2.05) is 12.1 Å². The molecule has 6 heteroatoms. The standard InChI is InChI=1S/C24H19ClFNO3/c25-16-9-7-15(8-10-16)14-30-23-12-11-17(26)13-20(23)18-3-1-4-19(18)21-5-2-6-22(27-21)24(28)29/h2,5-13H,1,3-4,14H2,(H,28,29). The number of hydrogen-bond acceptors (Lipinski definition) is 3. The second-order valence-corrected chi connectivity index (χ2v) is 7.52. The number of carboxylic acid groups (broad SMARTS) is 1. The average Bonchev–Trinajstić information content (AvgIpc) is 3.24. The van der Waals surface area contributed by atoms with Gasteiger partial charge in [-0.2, -0.15) is 0 Å². The topological polar surface area (TPSA) is 59.4 Å². The Morgan fingerprint density at radius 3 is 2.60 bits per heavy atom. The van der Waals surface area contributed by atoms with Crippen LogP contribution >= 0.6 is 11.6 Å². The fourth-order valence-electron chi connectivity index (χ4n) is 3.65. The Balaban J connectivity index is 1.70. The smallest absolute Gasteiger partial charge is 0.354 e. The first kappa shape index (κ1) is 20.1. The molecule has 1 aromatic heterocycles. The molecule has 0 atom stereocenters. The lowest BCUT2D eigenvalue weighted by molar-refractivity contribution is 0.0690. The van der Waals surface area contributed by atoms with Crippen LogP contribution in [0.25, 0.3) is 11.1 Å². The second kappa shape index (κ2) is 8.67. The van der Waals surface area contributed by atoms with Crippen molar-refractivity contribution in [3.8, 4) is 5.75 Å². The highest BCUT2D eigenvalue weighted by Gasteiger charge is 2.22. The number of pyridine rings is 1. The highest BCUT2D eigenvalue weighted by molar-refractivity contribution is 6.30. The summed E-state index contributed by atoms with van der Waals surface area (Å²) in [7, 11) is 0. The lowest BCUT2D eigenvalue weighted by Crippen LogP contribution is -2.03. The molecule has 1 heterocycles. The normalized spacial score (nSPS) is 13.5. The minimum absolute atomic E-state index is 0.00953.